The third-order valence-corrected chi connectivity index (χ3v) is 3.76. The minimum Gasteiger partial charge on any atom is -0.337 e. The molecule has 2 heterocycles. The summed E-state index contributed by atoms with van der Waals surface area (Å²) in [5.74, 6) is 0.276. The van der Waals surface area contributed by atoms with E-state index < -0.39 is 0 Å². The van der Waals surface area contributed by atoms with E-state index in [0.717, 1.165) is 17.8 Å². The Morgan fingerprint density at radius 2 is 2.16 bits per heavy atom. The topological polar surface area (TPSA) is 50.3 Å². The van der Waals surface area contributed by atoms with Gasteiger partial charge < -0.3 is 4.90 Å². The van der Waals surface area contributed by atoms with Gasteiger partial charge in [-0.3, -0.25) is 14.6 Å². The number of carbonyl (C=O) groups excluding carboxylic acids is 2. The number of piperidine rings is 1. The Balaban J connectivity index is 2.18. The van der Waals surface area contributed by atoms with Crippen molar-refractivity contribution in [3.05, 3.63) is 29.1 Å². The molecule has 4 heteroatoms. The monoisotopic (exact) mass is 260 g/mol. The van der Waals surface area contributed by atoms with Gasteiger partial charge in [-0.15, -0.1) is 0 Å². The van der Waals surface area contributed by atoms with Crippen molar-refractivity contribution in [2.24, 2.45) is 5.92 Å². The summed E-state index contributed by atoms with van der Waals surface area (Å²) >= 11 is 0. The number of rotatable bonds is 2. The molecule has 1 fully saturated rings. The fraction of sp³-hybridized carbons (Fsp3) is 0.533. The van der Waals surface area contributed by atoms with Gasteiger partial charge >= 0.3 is 0 Å². The highest BCUT2D eigenvalue weighted by molar-refractivity contribution is 5.96. The summed E-state index contributed by atoms with van der Waals surface area (Å²) in [6, 6.07) is 3.68. The van der Waals surface area contributed by atoms with Gasteiger partial charge in [0.25, 0.3) is 5.91 Å². The van der Waals surface area contributed by atoms with Gasteiger partial charge in [0.2, 0.25) is 0 Å². The maximum atomic E-state index is 12.5. The minimum absolute atomic E-state index is 0.00332. The maximum Gasteiger partial charge on any atom is 0.255 e. The van der Waals surface area contributed by atoms with Crippen LogP contribution in [0, 0.1) is 19.8 Å². The minimum atomic E-state index is -0.00375. The first kappa shape index (κ1) is 13.7. The molecular weight excluding hydrogens is 240 g/mol. The van der Waals surface area contributed by atoms with Crippen LogP contribution in [0.25, 0.3) is 0 Å². The Morgan fingerprint density at radius 3 is 2.79 bits per heavy atom. The van der Waals surface area contributed by atoms with Crippen molar-refractivity contribution >= 4 is 11.7 Å². The highest BCUT2D eigenvalue weighted by atomic mass is 16.2. The van der Waals surface area contributed by atoms with Gasteiger partial charge in [0.15, 0.2) is 0 Å². The number of likely N-dealkylation sites (tertiary alicyclic amines) is 1. The molecule has 1 atom stereocenters. The first-order chi connectivity index (χ1) is 9.02. The molecule has 0 saturated carbocycles. The number of hydrogen-bond acceptors (Lipinski definition) is 3. The third-order valence-electron chi connectivity index (χ3n) is 3.76. The number of hydrogen-bond donors (Lipinski definition) is 0. The SMILES string of the molecule is CCC1CN(C(=O)c2ccc(C)nc2C)CCC1=O. The average Bonchev–Trinajstić information content (AvgIpc) is 2.38. The van der Waals surface area contributed by atoms with E-state index in [4.69, 9.17) is 0 Å². The van der Waals surface area contributed by atoms with Crippen molar-refractivity contribution in [1.82, 2.24) is 9.88 Å². The highest BCUT2D eigenvalue weighted by Crippen LogP contribution is 2.19. The number of pyridine rings is 1. The number of aryl methyl sites for hydroxylation is 2. The Morgan fingerprint density at radius 1 is 1.42 bits per heavy atom. The van der Waals surface area contributed by atoms with Crippen LogP contribution in [-0.4, -0.2) is 34.7 Å². The molecule has 1 unspecified atom stereocenters. The fourth-order valence-corrected chi connectivity index (χ4v) is 2.53. The molecule has 1 aliphatic rings. The summed E-state index contributed by atoms with van der Waals surface area (Å²) in [5.41, 5.74) is 2.32. The van der Waals surface area contributed by atoms with Gasteiger partial charge in [0.05, 0.1) is 11.3 Å². The molecule has 102 valence electrons. The zero-order valence-corrected chi connectivity index (χ0v) is 11.8. The molecule has 4 nitrogen and oxygen atoms in total. The lowest BCUT2D eigenvalue weighted by Crippen LogP contribution is -2.44. The molecule has 0 bridgehead atoms. The predicted octanol–water partition coefficient (Wildman–Crippen LogP) is 2.14. The summed E-state index contributed by atoms with van der Waals surface area (Å²) in [7, 11) is 0. The maximum absolute atomic E-state index is 12.5. The Kier molecular flexibility index (Phi) is 3.98. The lowest BCUT2D eigenvalue weighted by atomic mass is 9.93. The second kappa shape index (κ2) is 5.51. The van der Waals surface area contributed by atoms with Gasteiger partial charge in [-0.05, 0) is 32.4 Å². The van der Waals surface area contributed by atoms with E-state index in [1.807, 2.05) is 32.9 Å². The van der Waals surface area contributed by atoms with E-state index in [-0.39, 0.29) is 17.6 Å². The molecule has 0 radical (unpaired) electrons. The van der Waals surface area contributed by atoms with Crippen molar-refractivity contribution in [2.45, 2.75) is 33.6 Å². The zero-order valence-electron chi connectivity index (χ0n) is 11.8. The Labute approximate surface area is 113 Å². The molecule has 19 heavy (non-hydrogen) atoms. The summed E-state index contributed by atoms with van der Waals surface area (Å²) in [4.78, 5) is 30.3. The molecular formula is C15H20N2O2. The van der Waals surface area contributed by atoms with Crippen molar-refractivity contribution in [3.8, 4) is 0 Å². The second-order valence-corrected chi connectivity index (χ2v) is 5.16. The number of amides is 1. The van der Waals surface area contributed by atoms with Gasteiger partial charge in [-0.2, -0.15) is 0 Å². The lowest BCUT2D eigenvalue weighted by molar-refractivity contribution is -0.125. The number of ketones is 1. The molecule has 1 aliphatic heterocycles. The van der Waals surface area contributed by atoms with Crippen LogP contribution in [0.5, 0.6) is 0 Å². The number of carbonyl (C=O) groups is 2. The van der Waals surface area contributed by atoms with Crippen LogP contribution >= 0.6 is 0 Å². The molecule has 1 aromatic rings. The molecule has 1 amide bonds. The summed E-state index contributed by atoms with van der Waals surface area (Å²) in [6.45, 7) is 6.83. The predicted molar refractivity (Wildman–Crippen MR) is 73.0 cm³/mol. The van der Waals surface area contributed by atoms with E-state index >= 15 is 0 Å². The van der Waals surface area contributed by atoms with Crippen molar-refractivity contribution in [2.75, 3.05) is 13.1 Å². The zero-order chi connectivity index (χ0) is 14.0. The first-order valence-corrected chi connectivity index (χ1v) is 6.79. The van der Waals surface area contributed by atoms with Crippen LogP contribution in [-0.2, 0) is 4.79 Å². The molecule has 1 saturated heterocycles. The van der Waals surface area contributed by atoms with Crippen LogP contribution < -0.4 is 0 Å². The number of nitrogens with zero attached hydrogens (tertiary/aromatic N) is 2. The summed E-state index contributed by atoms with van der Waals surface area (Å²) < 4.78 is 0. The summed E-state index contributed by atoms with van der Waals surface area (Å²) in [6.07, 6.45) is 1.27. The van der Waals surface area contributed by atoms with Gasteiger partial charge in [-0.1, -0.05) is 6.92 Å². The largest absolute Gasteiger partial charge is 0.337 e. The van der Waals surface area contributed by atoms with Crippen LogP contribution in [0.1, 0.15) is 41.5 Å². The third kappa shape index (κ3) is 2.83. The first-order valence-electron chi connectivity index (χ1n) is 6.79. The standard InChI is InChI=1S/C15H20N2O2/c1-4-12-9-17(8-7-14(12)18)15(19)13-6-5-10(2)16-11(13)3/h5-6,12H,4,7-9H2,1-3H3. The van der Waals surface area contributed by atoms with E-state index in [9.17, 15) is 9.59 Å². The van der Waals surface area contributed by atoms with Crippen molar-refractivity contribution < 1.29 is 9.59 Å². The second-order valence-electron chi connectivity index (χ2n) is 5.16. The van der Waals surface area contributed by atoms with E-state index in [1.165, 1.54) is 0 Å². The van der Waals surface area contributed by atoms with Gasteiger partial charge in [-0.25, -0.2) is 0 Å². The quantitative estimate of drug-likeness (QED) is 0.818. The Hall–Kier alpha value is -1.71. The molecule has 2 rings (SSSR count). The van der Waals surface area contributed by atoms with Crippen LogP contribution in [0.15, 0.2) is 12.1 Å². The number of aromatic nitrogens is 1. The summed E-state index contributed by atoms with van der Waals surface area (Å²) in [5, 5.41) is 0. The van der Waals surface area contributed by atoms with Crippen LogP contribution in [0.2, 0.25) is 0 Å². The van der Waals surface area contributed by atoms with Crippen molar-refractivity contribution in [3.63, 3.8) is 0 Å². The molecule has 0 N–H and O–H groups in total. The Bertz CT molecular complexity index is 511. The average molecular weight is 260 g/mol. The molecule has 0 spiro atoms. The molecule has 0 aliphatic carbocycles. The van der Waals surface area contributed by atoms with Crippen LogP contribution in [0.4, 0.5) is 0 Å². The fourth-order valence-electron chi connectivity index (χ4n) is 2.53. The van der Waals surface area contributed by atoms with Crippen molar-refractivity contribution in [1.29, 1.82) is 0 Å². The normalized spacial score (nSPS) is 19.6. The van der Waals surface area contributed by atoms with E-state index in [0.29, 0.717) is 25.1 Å². The highest BCUT2D eigenvalue weighted by Gasteiger charge is 2.29. The van der Waals surface area contributed by atoms with Gasteiger partial charge in [0.1, 0.15) is 5.78 Å². The number of Topliss-reactive ketones (excluding diaryl/α,β-unsaturated/α-hetero) is 1. The van der Waals surface area contributed by atoms with Crippen LogP contribution in [0.3, 0.4) is 0 Å². The van der Waals surface area contributed by atoms with Gasteiger partial charge in [0, 0.05) is 31.1 Å². The molecule has 0 aromatic carbocycles. The molecule has 1 aromatic heterocycles. The smallest absolute Gasteiger partial charge is 0.255 e. The lowest BCUT2D eigenvalue weighted by Gasteiger charge is -2.31. The van der Waals surface area contributed by atoms with E-state index in [1.54, 1.807) is 4.90 Å². The van der Waals surface area contributed by atoms with E-state index in [2.05, 4.69) is 4.98 Å².